The average Bonchev–Trinajstić information content (AvgIpc) is 2.84. The number of rotatable bonds is 14. The van der Waals surface area contributed by atoms with E-state index in [0.717, 1.165) is 32.1 Å². The Morgan fingerprint density at radius 3 is 2.68 bits per heavy atom. The van der Waals surface area contributed by atoms with E-state index in [1.54, 1.807) is 12.1 Å². The van der Waals surface area contributed by atoms with Crippen LogP contribution < -0.4 is 10.4 Å². The van der Waals surface area contributed by atoms with E-state index in [9.17, 15) is 9.18 Å². The molecule has 1 aliphatic carbocycles. The van der Waals surface area contributed by atoms with E-state index < -0.39 is 11.4 Å². The van der Waals surface area contributed by atoms with Crippen LogP contribution in [0.1, 0.15) is 89.7 Å². The van der Waals surface area contributed by atoms with Crippen LogP contribution in [-0.2, 0) is 6.42 Å². The maximum Gasteiger partial charge on any atom is 0.346 e. The highest BCUT2D eigenvalue weighted by Crippen LogP contribution is 2.33. The zero-order valence-corrected chi connectivity index (χ0v) is 20.8. The molecule has 0 spiro atoms. The van der Waals surface area contributed by atoms with Crippen LogP contribution in [-0.4, -0.2) is 6.61 Å². The van der Waals surface area contributed by atoms with Gasteiger partial charge in [0.15, 0.2) is 11.6 Å². The Balaban J connectivity index is 1.51. The molecule has 34 heavy (non-hydrogen) atoms. The molecule has 1 fully saturated rings. The Hall–Kier alpha value is -2.36. The van der Waals surface area contributed by atoms with Gasteiger partial charge in [-0.05, 0) is 80.7 Å². The first-order valence-electron chi connectivity index (χ1n) is 13.3. The minimum atomic E-state index is -0.606. The highest BCUT2D eigenvalue weighted by atomic mass is 19.1. The van der Waals surface area contributed by atoms with Crippen molar-refractivity contribution < 1.29 is 13.5 Å². The van der Waals surface area contributed by atoms with E-state index in [1.807, 2.05) is 12.1 Å². The molecule has 2 aromatic rings. The minimum absolute atomic E-state index is 0.00372. The summed E-state index contributed by atoms with van der Waals surface area (Å²) in [7, 11) is 0. The van der Waals surface area contributed by atoms with E-state index in [4.69, 9.17) is 9.15 Å². The summed E-state index contributed by atoms with van der Waals surface area (Å²) in [6.45, 7) is 6.40. The molecule has 0 amide bonds. The van der Waals surface area contributed by atoms with Gasteiger partial charge in [0.25, 0.3) is 0 Å². The van der Waals surface area contributed by atoms with Crippen molar-refractivity contribution in [3.8, 4) is 5.75 Å². The number of aryl methyl sites for hydroxylation is 1. The van der Waals surface area contributed by atoms with E-state index in [-0.39, 0.29) is 11.1 Å². The van der Waals surface area contributed by atoms with Crippen LogP contribution in [0.25, 0.3) is 10.8 Å². The van der Waals surface area contributed by atoms with Crippen LogP contribution in [0.2, 0.25) is 0 Å². The smallest absolute Gasteiger partial charge is 0.346 e. The lowest BCUT2D eigenvalue weighted by molar-refractivity contribution is 0.288. The van der Waals surface area contributed by atoms with Gasteiger partial charge >= 0.3 is 5.63 Å². The summed E-state index contributed by atoms with van der Waals surface area (Å²) in [6, 6.07) is 5.23. The van der Waals surface area contributed by atoms with Crippen molar-refractivity contribution in [1.29, 1.82) is 0 Å². The lowest BCUT2D eigenvalue weighted by Crippen LogP contribution is -2.14. The monoisotopic (exact) mass is 468 g/mol. The third-order valence-corrected chi connectivity index (χ3v) is 7.02. The number of hydrogen-bond acceptors (Lipinski definition) is 3. The fourth-order valence-corrected chi connectivity index (χ4v) is 4.91. The van der Waals surface area contributed by atoms with Crippen molar-refractivity contribution in [2.45, 2.75) is 90.4 Å². The number of allylic oxidation sites excluding steroid dienone is 3. The molecule has 0 radical (unpaired) electrons. The summed E-state index contributed by atoms with van der Waals surface area (Å²) in [5, 5.41) is 0.586. The molecular formula is C30H41FO3. The van der Waals surface area contributed by atoms with Crippen LogP contribution in [0.15, 0.2) is 52.2 Å². The van der Waals surface area contributed by atoms with Gasteiger partial charge in [-0.1, -0.05) is 56.9 Å². The van der Waals surface area contributed by atoms with E-state index in [1.165, 1.54) is 44.9 Å². The second-order valence-electron chi connectivity index (χ2n) is 9.72. The number of benzene rings is 1. The Labute approximate surface area is 204 Å². The largest absolute Gasteiger partial charge is 0.490 e. The normalized spacial score (nSPS) is 18.5. The van der Waals surface area contributed by atoms with Gasteiger partial charge < -0.3 is 9.15 Å². The van der Waals surface area contributed by atoms with E-state index in [0.29, 0.717) is 36.0 Å². The highest BCUT2D eigenvalue weighted by molar-refractivity contribution is 5.83. The average molecular weight is 469 g/mol. The third-order valence-electron chi connectivity index (χ3n) is 7.02. The lowest BCUT2D eigenvalue weighted by atomic mass is 9.79. The van der Waals surface area contributed by atoms with Crippen molar-refractivity contribution in [1.82, 2.24) is 0 Å². The lowest BCUT2D eigenvalue weighted by Gasteiger charge is -2.26. The SMILES string of the molecule is C=CCC/C=C/C1CCC(CCc2cc3ccc(OCCCCCCC)c(F)c3c(=O)o2)CC1. The van der Waals surface area contributed by atoms with Gasteiger partial charge in [0.05, 0.1) is 6.61 Å². The summed E-state index contributed by atoms with van der Waals surface area (Å²) in [5.74, 6) is 1.52. The molecule has 0 N–H and O–H groups in total. The summed E-state index contributed by atoms with van der Waals surface area (Å²) in [6.07, 6.45) is 20.9. The van der Waals surface area contributed by atoms with Crippen molar-refractivity contribution in [2.75, 3.05) is 6.61 Å². The molecule has 0 bridgehead atoms. The Bertz CT molecular complexity index is 982. The molecule has 0 aliphatic heterocycles. The van der Waals surface area contributed by atoms with Gasteiger partial charge in [-0.2, -0.15) is 0 Å². The van der Waals surface area contributed by atoms with Gasteiger partial charge in [-0.25, -0.2) is 9.18 Å². The molecular weight excluding hydrogens is 427 g/mol. The van der Waals surface area contributed by atoms with Crippen LogP contribution in [0.5, 0.6) is 5.75 Å². The van der Waals surface area contributed by atoms with E-state index >= 15 is 0 Å². The standard InChI is InChI=1S/C30H41FO3/c1-3-5-7-9-11-21-33-27-20-18-25-22-26(34-30(32)28(25)29(27)31)19-17-24-15-13-23(14-16-24)12-10-8-6-4-2/h4,10,12,18,20,22-24H,2-3,5-9,11,13-17,19,21H2,1H3/b12-10+. The first-order valence-corrected chi connectivity index (χ1v) is 13.3. The van der Waals surface area contributed by atoms with Gasteiger partial charge in [0.1, 0.15) is 11.1 Å². The molecule has 3 nitrogen and oxygen atoms in total. The van der Waals surface area contributed by atoms with E-state index in [2.05, 4.69) is 25.7 Å². The molecule has 1 saturated carbocycles. The van der Waals surface area contributed by atoms with Gasteiger partial charge in [-0.15, -0.1) is 6.58 Å². The molecule has 0 atom stereocenters. The quantitative estimate of drug-likeness (QED) is 0.206. The Morgan fingerprint density at radius 2 is 1.91 bits per heavy atom. The number of unbranched alkanes of at least 4 members (excludes halogenated alkanes) is 5. The summed E-state index contributed by atoms with van der Waals surface area (Å²) < 4.78 is 26.1. The Kier molecular flexibility index (Phi) is 10.9. The van der Waals surface area contributed by atoms with Crippen molar-refractivity contribution in [2.24, 2.45) is 11.8 Å². The van der Waals surface area contributed by atoms with Gasteiger partial charge in [0, 0.05) is 6.42 Å². The molecule has 0 unspecified atom stereocenters. The molecule has 1 aromatic heterocycles. The second kappa shape index (κ2) is 14.1. The fraction of sp³-hybridized carbons (Fsp3) is 0.567. The Morgan fingerprint density at radius 1 is 1.12 bits per heavy atom. The predicted molar refractivity (Wildman–Crippen MR) is 139 cm³/mol. The molecule has 3 rings (SSSR count). The molecule has 4 heteroatoms. The second-order valence-corrected chi connectivity index (χ2v) is 9.72. The fourth-order valence-electron chi connectivity index (χ4n) is 4.91. The minimum Gasteiger partial charge on any atom is -0.490 e. The molecule has 186 valence electrons. The van der Waals surface area contributed by atoms with Crippen LogP contribution in [0.3, 0.4) is 0 Å². The van der Waals surface area contributed by atoms with Crippen LogP contribution in [0.4, 0.5) is 4.39 Å². The van der Waals surface area contributed by atoms with Gasteiger partial charge in [-0.3, -0.25) is 0 Å². The molecule has 1 aromatic carbocycles. The first-order chi connectivity index (χ1) is 16.6. The van der Waals surface area contributed by atoms with Crippen LogP contribution in [0, 0.1) is 17.7 Å². The third kappa shape index (κ3) is 7.85. The first kappa shape index (κ1) is 26.2. The van der Waals surface area contributed by atoms with Crippen molar-refractivity contribution in [3.05, 3.63) is 65.0 Å². The van der Waals surface area contributed by atoms with Crippen molar-refractivity contribution >= 4 is 10.8 Å². The molecule has 1 aliphatic rings. The number of halogens is 1. The zero-order valence-electron chi connectivity index (χ0n) is 20.8. The summed E-state index contributed by atoms with van der Waals surface area (Å²) in [4.78, 5) is 12.6. The van der Waals surface area contributed by atoms with Crippen LogP contribution >= 0.6 is 0 Å². The topological polar surface area (TPSA) is 39.4 Å². The maximum atomic E-state index is 14.9. The van der Waals surface area contributed by atoms with Gasteiger partial charge in [0.2, 0.25) is 0 Å². The van der Waals surface area contributed by atoms with Crippen molar-refractivity contribution in [3.63, 3.8) is 0 Å². The number of hydrogen-bond donors (Lipinski definition) is 0. The summed E-state index contributed by atoms with van der Waals surface area (Å²) in [5.41, 5.74) is -0.605. The molecule has 0 saturated heterocycles. The zero-order chi connectivity index (χ0) is 24.2. The highest BCUT2D eigenvalue weighted by Gasteiger charge is 2.20. The predicted octanol–water partition coefficient (Wildman–Crippen LogP) is 8.54. The molecule has 1 heterocycles. The summed E-state index contributed by atoms with van der Waals surface area (Å²) >= 11 is 0. The number of ether oxygens (including phenoxy) is 1. The maximum absolute atomic E-state index is 14.9. The number of fused-ring (bicyclic) bond motifs is 1.